The Morgan fingerprint density at radius 3 is 2.53 bits per heavy atom. The van der Waals surface area contributed by atoms with Crippen molar-refractivity contribution in [1.29, 1.82) is 0 Å². The number of aryl methyl sites for hydroxylation is 1. The first-order valence-corrected chi connectivity index (χ1v) is 6.94. The quantitative estimate of drug-likeness (QED) is 0.936. The van der Waals surface area contributed by atoms with Crippen LogP contribution in [-0.4, -0.2) is 9.97 Å². The molecule has 0 fully saturated rings. The molecule has 2 rings (SSSR count). The van der Waals surface area contributed by atoms with Crippen molar-refractivity contribution in [1.82, 2.24) is 9.97 Å². The van der Waals surface area contributed by atoms with Gasteiger partial charge in [0.1, 0.15) is 17.5 Å². The lowest BCUT2D eigenvalue weighted by Gasteiger charge is -2.08. The number of aromatic nitrogens is 2. The topological polar surface area (TPSA) is 51.8 Å². The summed E-state index contributed by atoms with van der Waals surface area (Å²) in [7, 11) is 0. The minimum atomic E-state index is -0.244. The Morgan fingerprint density at radius 1 is 1.21 bits per heavy atom. The lowest BCUT2D eigenvalue weighted by Crippen LogP contribution is -2.06. The summed E-state index contributed by atoms with van der Waals surface area (Å²) in [4.78, 5) is 8.77. The Morgan fingerprint density at radius 2 is 1.89 bits per heavy atom. The van der Waals surface area contributed by atoms with E-state index in [4.69, 9.17) is 5.73 Å². The number of halogens is 2. The van der Waals surface area contributed by atoms with Gasteiger partial charge in [-0.2, -0.15) is 0 Å². The largest absolute Gasteiger partial charge is 0.383 e. The van der Waals surface area contributed by atoms with Crippen LogP contribution in [0.25, 0.3) is 0 Å². The van der Waals surface area contributed by atoms with Crippen LogP contribution in [0.15, 0.2) is 28.7 Å². The van der Waals surface area contributed by atoms with E-state index in [0.29, 0.717) is 18.1 Å². The molecule has 0 aliphatic rings. The summed E-state index contributed by atoms with van der Waals surface area (Å²) in [6, 6.07) is 6.34. The highest BCUT2D eigenvalue weighted by atomic mass is 79.9. The van der Waals surface area contributed by atoms with Gasteiger partial charge in [0.05, 0.1) is 10.2 Å². The van der Waals surface area contributed by atoms with Gasteiger partial charge in [0.2, 0.25) is 0 Å². The van der Waals surface area contributed by atoms with Crippen LogP contribution in [0.3, 0.4) is 0 Å². The number of hydrogen-bond acceptors (Lipinski definition) is 3. The van der Waals surface area contributed by atoms with Gasteiger partial charge in [-0.3, -0.25) is 0 Å². The molecular weight excluding hydrogens is 309 g/mol. The Hall–Kier alpha value is -1.49. The van der Waals surface area contributed by atoms with Gasteiger partial charge in [-0.25, -0.2) is 14.4 Å². The predicted molar refractivity (Wildman–Crippen MR) is 77.3 cm³/mol. The number of hydrogen-bond donors (Lipinski definition) is 1. The summed E-state index contributed by atoms with van der Waals surface area (Å²) in [6.45, 7) is 2.09. The van der Waals surface area contributed by atoms with Gasteiger partial charge in [0, 0.05) is 6.42 Å². The second-order valence-electron chi connectivity index (χ2n) is 4.34. The van der Waals surface area contributed by atoms with E-state index >= 15 is 0 Å². The zero-order chi connectivity index (χ0) is 13.8. The van der Waals surface area contributed by atoms with Crippen molar-refractivity contribution >= 4 is 21.7 Å². The molecule has 0 saturated carbocycles. The predicted octanol–water partition coefficient (Wildman–Crippen LogP) is 3.50. The Balaban J connectivity index is 2.27. The Bertz CT molecular complexity index is 570. The molecule has 1 aromatic heterocycles. The molecular formula is C14H15BrFN3. The Kier molecular flexibility index (Phi) is 4.47. The zero-order valence-corrected chi connectivity index (χ0v) is 12.2. The molecule has 2 N–H and O–H groups in total. The molecule has 0 saturated heterocycles. The highest BCUT2D eigenvalue weighted by Crippen LogP contribution is 2.23. The molecule has 3 nitrogen and oxygen atoms in total. The summed E-state index contributed by atoms with van der Waals surface area (Å²) < 4.78 is 13.6. The van der Waals surface area contributed by atoms with Crippen LogP contribution in [0.1, 0.15) is 30.4 Å². The molecule has 0 atom stereocenters. The van der Waals surface area contributed by atoms with E-state index in [1.165, 1.54) is 12.1 Å². The van der Waals surface area contributed by atoms with Crippen molar-refractivity contribution in [2.45, 2.75) is 26.2 Å². The van der Waals surface area contributed by atoms with E-state index in [2.05, 4.69) is 32.8 Å². The van der Waals surface area contributed by atoms with Crippen LogP contribution in [0.4, 0.5) is 10.2 Å². The number of rotatable bonds is 4. The van der Waals surface area contributed by atoms with E-state index in [-0.39, 0.29) is 5.82 Å². The maximum Gasteiger partial charge on any atom is 0.141 e. The molecule has 19 heavy (non-hydrogen) atoms. The maximum atomic E-state index is 12.8. The first-order chi connectivity index (χ1) is 9.10. The molecule has 0 amide bonds. The van der Waals surface area contributed by atoms with Gasteiger partial charge in [-0.15, -0.1) is 0 Å². The minimum Gasteiger partial charge on any atom is -0.383 e. The standard InChI is InChI=1S/C14H15BrFN3/c1-2-3-11-13(15)14(17)19-12(18-11)8-9-4-6-10(16)7-5-9/h4-7H,2-3,8H2,1H3,(H2,17,18,19). The van der Waals surface area contributed by atoms with Crippen LogP contribution in [-0.2, 0) is 12.8 Å². The fraction of sp³-hybridized carbons (Fsp3) is 0.286. The summed E-state index contributed by atoms with van der Waals surface area (Å²) in [5.74, 6) is 0.873. The number of nitrogens with zero attached hydrogens (tertiary/aromatic N) is 2. The summed E-state index contributed by atoms with van der Waals surface area (Å²) >= 11 is 3.41. The van der Waals surface area contributed by atoms with Crippen LogP contribution >= 0.6 is 15.9 Å². The van der Waals surface area contributed by atoms with Crippen LogP contribution < -0.4 is 5.73 Å². The van der Waals surface area contributed by atoms with Crippen molar-refractivity contribution in [3.63, 3.8) is 0 Å². The molecule has 0 spiro atoms. The van der Waals surface area contributed by atoms with E-state index in [0.717, 1.165) is 28.6 Å². The second kappa shape index (κ2) is 6.10. The van der Waals surface area contributed by atoms with E-state index in [1.54, 1.807) is 12.1 Å². The lowest BCUT2D eigenvalue weighted by molar-refractivity contribution is 0.627. The summed E-state index contributed by atoms with van der Waals surface area (Å²) in [5, 5.41) is 0. The number of anilines is 1. The van der Waals surface area contributed by atoms with Gasteiger partial charge < -0.3 is 5.73 Å². The third-order valence-electron chi connectivity index (χ3n) is 2.75. The van der Waals surface area contributed by atoms with Crippen molar-refractivity contribution in [3.05, 3.63) is 51.6 Å². The normalized spacial score (nSPS) is 10.7. The summed E-state index contributed by atoms with van der Waals surface area (Å²) in [5.41, 5.74) is 7.76. The van der Waals surface area contributed by atoms with E-state index < -0.39 is 0 Å². The SMILES string of the molecule is CCCc1nc(Cc2ccc(F)cc2)nc(N)c1Br. The van der Waals surface area contributed by atoms with Gasteiger partial charge in [-0.05, 0) is 40.0 Å². The van der Waals surface area contributed by atoms with Gasteiger partial charge in [0.15, 0.2) is 0 Å². The minimum absolute atomic E-state index is 0.244. The summed E-state index contributed by atoms with van der Waals surface area (Å²) in [6.07, 6.45) is 2.39. The fourth-order valence-electron chi connectivity index (χ4n) is 1.83. The van der Waals surface area contributed by atoms with E-state index in [9.17, 15) is 4.39 Å². The second-order valence-corrected chi connectivity index (χ2v) is 5.13. The van der Waals surface area contributed by atoms with Crippen molar-refractivity contribution < 1.29 is 4.39 Å². The molecule has 1 heterocycles. The lowest BCUT2D eigenvalue weighted by atomic mass is 10.1. The molecule has 1 aromatic carbocycles. The van der Waals surface area contributed by atoms with Crippen molar-refractivity contribution in [2.75, 3.05) is 5.73 Å². The van der Waals surface area contributed by atoms with E-state index in [1.807, 2.05) is 0 Å². The molecule has 0 bridgehead atoms. The first-order valence-electron chi connectivity index (χ1n) is 6.15. The molecule has 0 unspecified atom stereocenters. The first kappa shape index (κ1) is 13.9. The van der Waals surface area contributed by atoms with Crippen LogP contribution in [0.5, 0.6) is 0 Å². The molecule has 2 aromatic rings. The molecule has 100 valence electrons. The highest BCUT2D eigenvalue weighted by molar-refractivity contribution is 9.10. The average Bonchev–Trinajstić information content (AvgIpc) is 2.38. The van der Waals surface area contributed by atoms with Crippen LogP contribution in [0.2, 0.25) is 0 Å². The third-order valence-corrected chi connectivity index (χ3v) is 3.62. The van der Waals surface area contributed by atoms with Gasteiger partial charge in [0.25, 0.3) is 0 Å². The number of nitrogens with two attached hydrogens (primary N) is 1. The van der Waals surface area contributed by atoms with Crippen molar-refractivity contribution in [3.8, 4) is 0 Å². The number of benzene rings is 1. The molecule has 5 heteroatoms. The Labute approximate surface area is 120 Å². The molecule has 0 aliphatic heterocycles. The van der Waals surface area contributed by atoms with Gasteiger partial charge in [-0.1, -0.05) is 25.5 Å². The monoisotopic (exact) mass is 323 g/mol. The van der Waals surface area contributed by atoms with Gasteiger partial charge >= 0.3 is 0 Å². The molecule has 0 radical (unpaired) electrons. The smallest absolute Gasteiger partial charge is 0.141 e. The fourth-order valence-corrected chi connectivity index (χ4v) is 2.21. The molecule has 0 aliphatic carbocycles. The van der Waals surface area contributed by atoms with Crippen LogP contribution in [0, 0.1) is 5.82 Å². The average molecular weight is 324 g/mol. The van der Waals surface area contributed by atoms with Crippen molar-refractivity contribution in [2.24, 2.45) is 0 Å². The zero-order valence-electron chi connectivity index (χ0n) is 10.7. The number of nitrogen functional groups attached to an aromatic ring is 1. The maximum absolute atomic E-state index is 12.8. The third kappa shape index (κ3) is 3.50. The highest BCUT2D eigenvalue weighted by Gasteiger charge is 2.10.